The summed E-state index contributed by atoms with van der Waals surface area (Å²) in [6.45, 7) is 1.62. The Morgan fingerprint density at radius 2 is 1.93 bits per heavy atom. The average Bonchev–Trinajstić information content (AvgIpc) is 3.40. The van der Waals surface area contributed by atoms with E-state index in [-0.39, 0.29) is 11.9 Å². The first kappa shape index (κ1) is 18.1. The Hall–Kier alpha value is -2.25. The first-order chi connectivity index (χ1) is 13.1. The average molecular weight is 401 g/mol. The van der Waals surface area contributed by atoms with Crippen molar-refractivity contribution < 1.29 is 14.3 Å². The van der Waals surface area contributed by atoms with E-state index in [2.05, 4.69) is 10.3 Å². The van der Waals surface area contributed by atoms with E-state index in [9.17, 15) is 9.59 Å². The van der Waals surface area contributed by atoms with E-state index in [0.717, 1.165) is 45.8 Å². The Morgan fingerprint density at radius 1 is 1.15 bits per heavy atom. The molecule has 1 amide bonds. The zero-order valence-corrected chi connectivity index (χ0v) is 16.6. The highest BCUT2D eigenvalue weighted by Gasteiger charge is 2.24. The molecule has 1 N–H and O–H groups in total. The third-order valence-electron chi connectivity index (χ3n) is 4.67. The molecule has 5 nitrogen and oxygen atoms in total. The number of carbonyl (C=O) groups is 2. The molecule has 3 aromatic rings. The van der Waals surface area contributed by atoms with Gasteiger partial charge >= 0.3 is 5.97 Å². The van der Waals surface area contributed by atoms with Crippen molar-refractivity contribution in [2.24, 2.45) is 0 Å². The van der Waals surface area contributed by atoms with E-state index in [1.54, 1.807) is 24.3 Å². The Morgan fingerprint density at radius 3 is 2.70 bits per heavy atom. The molecule has 1 aromatic carbocycles. The quantitative estimate of drug-likeness (QED) is 0.634. The van der Waals surface area contributed by atoms with Gasteiger partial charge in [-0.2, -0.15) is 0 Å². The Labute approximate surface area is 165 Å². The fourth-order valence-electron chi connectivity index (χ4n) is 3.20. The van der Waals surface area contributed by atoms with Crippen LogP contribution in [0.25, 0.3) is 20.1 Å². The molecule has 1 fully saturated rings. The normalized spacial score (nSPS) is 15.7. The van der Waals surface area contributed by atoms with Crippen LogP contribution in [-0.4, -0.2) is 29.0 Å². The SMILES string of the molecule is C[C@@H](OC(=O)c1ccc(-c2nc3ccccc3s2)s1)C(=O)NC1CCCC1. The number of fused-ring (bicyclic) bond motifs is 1. The summed E-state index contributed by atoms with van der Waals surface area (Å²) in [6.07, 6.45) is 3.49. The molecular weight excluding hydrogens is 380 g/mol. The summed E-state index contributed by atoms with van der Waals surface area (Å²) >= 11 is 2.93. The number of thiophene rings is 1. The van der Waals surface area contributed by atoms with Crippen LogP contribution >= 0.6 is 22.7 Å². The van der Waals surface area contributed by atoms with Crippen molar-refractivity contribution in [1.82, 2.24) is 10.3 Å². The molecule has 1 aliphatic rings. The summed E-state index contributed by atoms with van der Waals surface area (Å²) in [5.74, 6) is -0.695. The predicted octanol–water partition coefficient (Wildman–Crippen LogP) is 4.63. The maximum Gasteiger partial charge on any atom is 0.349 e. The predicted molar refractivity (Wildman–Crippen MR) is 108 cm³/mol. The molecule has 2 aromatic heterocycles. The third-order valence-corrected chi connectivity index (χ3v) is 6.94. The Balaban J connectivity index is 1.41. The Kier molecular flexibility index (Phi) is 5.22. The van der Waals surface area contributed by atoms with Crippen LogP contribution in [0, 0.1) is 0 Å². The van der Waals surface area contributed by atoms with Crippen molar-refractivity contribution in [3.8, 4) is 9.88 Å². The lowest BCUT2D eigenvalue weighted by molar-refractivity contribution is -0.129. The standard InChI is InChI=1S/C20H20N2O3S2/c1-12(18(23)21-13-6-2-3-7-13)25-20(24)17-11-10-16(26-17)19-22-14-8-4-5-9-15(14)27-19/h4-5,8-13H,2-3,6-7H2,1H3,(H,21,23)/t12-/m1/s1. The zero-order valence-electron chi connectivity index (χ0n) is 14.9. The maximum absolute atomic E-state index is 12.4. The summed E-state index contributed by atoms with van der Waals surface area (Å²) in [7, 11) is 0. The second-order valence-corrected chi connectivity index (χ2v) is 8.80. The largest absolute Gasteiger partial charge is 0.448 e. The number of para-hydroxylation sites is 1. The van der Waals surface area contributed by atoms with E-state index in [1.165, 1.54) is 11.3 Å². The Bertz CT molecular complexity index is 939. The minimum absolute atomic E-state index is 0.214. The van der Waals surface area contributed by atoms with Gasteiger partial charge in [0.2, 0.25) is 0 Å². The number of nitrogens with zero attached hydrogens (tertiary/aromatic N) is 1. The molecule has 140 valence electrons. The van der Waals surface area contributed by atoms with E-state index in [4.69, 9.17) is 4.74 Å². The summed E-state index contributed by atoms with van der Waals surface area (Å²) in [4.78, 5) is 30.6. The molecule has 27 heavy (non-hydrogen) atoms. The molecule has 2 heterocycles. The molecule has 0 aliphatic heterocycles. The number of thiazole rings is 1. The molecule has 0 radical (unpaired) electrons. The lowest BCUT2D eigenvalue weighted by Crippen LogP contribution is -2.40. The van der Waals surface area contributed by atoms with Crippen LogP contribution in [0.5, 0.6) is 0 Å². The third kappa shape index (κ3) is 4.04. The maximum atomic E-state index is 12.4. The van der Waals surface area contributed by atoms with Crippen LogP contribution in [0.4, 0.5) is 0 Å². The van der Waals surface area contributed by atoms with Gasteiger partial charge in [-0.15, -0.1) is 22.7 Å². The van der Waals surface area contributed by atoms with Crippen LogP contribution in [-0.2, 0) is 9.53 Å². The van der Waals surface area contributed by atoms with Gasteiger partial charge < -0.3 is 10.1 Å². The summed E-state index contributed by atoms with van der Waals surface area (Å²) < 4.78 is 6.47. The van der Waals surface area contributed by atoms with Crippen LogP contribution in [0.15, 0.2) is 36.4 Å². The van der Waals surface area contributed by atoms with Gasteiger partial charge in [0.15, 0.2) is 6.10 Å². The molecule has 0 saturated heterocycles. The molecule has 1 saturated carbocycles. The zero-order chi connectivity index (χ0) is 18.8. The van der Waals surface area contributed by atoms with E-state index < -0.39 is 12.1 Å². The fourth-order valence-corrected chi connectivity index (χ4v) is 5.11. The van der Waals surface area contributed by atoms with Crippen molar-refractivity contribution in [3.63, 3.8) is 0 Å². The number of aromatic nitrogens is 1. The summed E-state index contributed by atoms with van der Waals surface area (Å²) in [5.41, 5.74) is 0.951. The number of hydrogen-bond acceptors (Lipinski definition) is 6. The first-order valence-electron chi connectivity index (χ1n) is 9.07. The van der Waals surface area contributed by atoms with Crippen molar-refractivity contribution in [2.45, 2.75) is 44.8 Å². The van der Waals surface area contributed by atoms with Gasteiger partial charge in [-0.25, -0.2) is 9.78 Å². The lowest BCUT2D eigenvalue weighted by atomic mass is 10.2. The molecule has 0 bridgehead atoms. The molecule has 1 atom stereocenters. The number of hydrogen-bond donors (Lipinski definition) is 1. The molecule has 0 spiro atoms. The molecule has 1 aliphatic carbocycles. The molecular formula is C20H20N2O3S2. The summed E-state index contributed by atoms with van der Waals surface area (Å²) in [5, 5.41) is 3.84. The first-order valence-corrected chi connectivity index (χ1v) is 10.7. The van der Waals surface area contributed by atoms with Crippen LogP contribution in [0.3, 0.4) is 0 Å². The van der Waals surface area contributed by atoms with Crippen LogP contribution in [0.1, 0.15) is 42.3 Å². The van der Waals surface area contributed by atoms with Gasteiger partial charge in [0.25, 0.3) is 5.91 Å². The number of nitrogens with one attached hydrogen (secondary N) is 1. The van der Waals surface area contributed by atoms with Crippen molar-refractivity contribution in [1.29, 1.82) is 0 Å². The monoisotopic (exact) mass is 400 g/mol. The van der Waals surface area contributed by atoms with E-state index >= 15 is 0 Å². The minimum Gasteiger partial charge on any atom is -0.448 e. The fraction of sp³-hybridized carbons (Fsp3) is 0.350. The summed E-state index contributed by atoms with van der Waals surface area (Å²) in [6, 6.07) is 11.8. The highest BCUT2D eigenvalue weighted by Crippen LogP contribution is 2.34. The second kappa shape index (κ2) is 7.78. The van der Waals surface area contributed by atoms with Gasteiger partial charge in [0.05, 0.1) is 15.1 Å². The number of esters is 1. The van der Waals surface area contributed by atoms with Crippen molar-refractivity contribution in [3.05, 3.63) is 41.3 Å². The molecule has 7 heteroatoms. The van der Waals surface area contributed by atoms with E-state index in [1.807, 2.05) is 30.3 Å². The van der Waals surface area contributed by atoms with Gasteiger partial charge in [-0.05, 0) is 44.0 Å². The van der Waals surface area contributed by atoms with E-state index in [0.29, 0.717) is 4.88 Å². The number of benzene rings is 1. The van der Waals surface area contributed by atoms with Gasteiger partial charge in [-0.3, -0.25) is 4.79 Å². The highest BCUT2D eigenvalue weighted by atomic mass is 32.1. The van der Waals surface area contributed by atoms with Gasteiger partial charge in [-0.1, -0.05) is 25.0 Å². The van der Waals surface area contributed by atoms with Gasteiger partial charge in [0.1, 0.15) is 9.88 Å². The van der Waals surface area contributed by atoms with Crippen molar-refractivity contribution in [2.75, 3.05) is 0 Å². The second-order valence-electron chi connectivity index (χ2n) is 6.69. The highest BCUT2D eigenvalue weighted by molar-refractivity contribution is 7.26. The van der Waals surface area contributed by atoms with Crippen LogP contribution < -0.4 is 5.32 Å². The smallest absolute Gasteiger partial charge is 0.349 e. The number of amides is 1. The van der Waals surface area contributed by atoms with Crippen LogP contribution in [0.2, 0.25) is 0 Å². The van der Waals surface area contributed by atoms with Crippen molar-refractivity contribution >= 4 is 44.8 Å². The number of rotatable bonds is 5. The minimum atomic E-state index is -0.800. The lowest BCUT2D eigenvalue weighted by Gasteiger charge is -2.16. The molecule has 0 unspecified atom stereocenters. The number of ether oxygens (including phenoxy) is 1. The molecule has 4 rings (SSSR count). The number of carbonyl (C=O) groups excluding carboxylic acids is 2. The van der Waals surface area contributed by atoms with Gasteiger partial charge in [0, 0.05) is 6.04 Å². The topological polar surface area (TPSA) is 68.3 Å².